The molecule has 17 heavy (non-hydrogen) atoms. The topological polar surface area (TPSA) is 44.5 Å². The van der Waals surface area contributed by atoms with E-state index in [1.807, 2.05) is 0 Å². The highest BCUT2D eigenvalue weighted by molar-refractivity contribution is 5.32. The minimum absolute atomic E-state index is 0.0478. The zero-order chi connectivity index (χ0) is 11.7. The van der Waals surface area contributed by atoms with Gasteiger partial charge in [0.2, 0.25) is 0 Å². The number of hydrogen-bond donors (Lipinski definition) is 1. The lowest BCUT2D eigenvalue weighted by molar-refractivity contribution is 0.00914. The number of rotatable bonds is 2. The highest BCUT2D eigenvalue weighted by atomic mass is 16.5. The quantitative estimate of drug-likeness (QED) is 0.845. The SMILES string of the molecule is NC(C1CCOC1)C1OCCc2ccccc21. The lowest BCUT2D eigenvalue weighted by Gasteiger charge is -2.33. The Morgan fingerprint density at radius 1 is 1.24 bits per heavy atom. The van der Waals surface area contributed by atoms with Crippen LogP contribution in [0.1, 0.15) is 23.7 Å². The van der Waals surface area contributed by atoms with Crippen molar-refractivity contribution < 1.29 is 9.47 Å². The average Bonchev–Trinajstić information content (AvgIpc) is 2.91. The Labute approximate surface area is 102 Å². The molecule has 3 atom stereocenters. The highest BCUT2D eigenvalue weighted by Gasteiger charge is 2.33. The van der Waals surface area contributed by atoms with Crippen LogP contribution in [0.3, 0.4) is 0 Å². The van der Waals surface area contributed by atoms with Gasteiger partial charge in [0.05, 0.1) is 19.3 Å². The zero-order valence-electron chi connectivity index (χ0n) is 9.97. The summed E-state index contributed by atoms with van der Waals surface area (Å²) in [6.45, 7) is 2.40. The van der Waals surface area contributed by atoms with Crippen LogP contribution in [-0.2, 0) is 15.9 Å². The van der Waals surface area contributed by atoms with Crippen LogP contribution in [0.2, 0.25) is 0 Å². The van der Waals surface area contributed by atoms with Crippen molar-refractivity contribution in [3.63, 3.8) is 0 Å². The molecular weight excluding hydrogens is 214 g/mol. The standard InChI is InChI=1S/C14H19NO2/c15-13(11-5-7-16-9-11)14-12-4-2-1-3-10(12)6-8-17-14/h1-4,11,13-14H,5-9,15H2. The third-order valence-corrected chi connectivity index (χ3v) is 3.89. The highest BCUT2D eigenvalue weighted by Crippen LogP contribution is 2.33. The van der Waals surface area contributed by atoms with Crippen LogP contribution in [0.5, 0.6) is 0 Å². The molecule has 3 rings (SSSR count). The molecule has 3 unspecified atom stereocenters. The van der Waals surface area contributed by atoms with E-state index in [1.165, 1.54) is 11.1 Å². The lowest BCUT2D eigenvalue weighted by Crippen LogP contribution is -2.40. The Bertz CT molecular complexity index is 388. The molecule has 0 amide bonds. The largest absolute Gasteiger partial charge is 0.381 e. The summed E-state index contributed by atoms with van der Waals surface area (Å²) < 4.78 is 11.3. The molecule has 2 aliphatic heterocycles. The molecule has 1 aromatic carbocycles. The minimum Gasteiger partial charge on any atom is -0.381 e. The molecule has 3 heteroatoms. The van der Waals surface area contributed by atoms with Gasteiger partial charge in [-0.05, 0) is 24.0 Å². The first kappa shape index (κ1) is 11.2. The van der Waals surface area contributed by atoms with Crippen LogP contribution < -0.4 is 5.73 Å². The van der Waals surface area contributed by atoms with Crippen molar-refractivity contribution in [1.82, 2.24) is 0 Å². The molecule has 1 aromatic rings. The first-order valence-electron chi connectivity index (χ1n) is 6.39. The maximum absolute atomic E-state index is 6.36. The molecule has 0 spiro atoms. The van der Waals surface area contributed by atoms with E-state index in [2.05, 4.69) is 24.3 Å². The number of benzene rings is 1. The zero-order valence-corrected chi connectivity index (χ0v) is 9.97. The van der Waals surface area contributed by atoms with Crippen LogP contribution >= 0.6 is 0 Å². The van der Waals surface area contributed by atoms with E-state index >= 15 is 0 Å². The predicted molar refractivity (Wildman–Crippen MR) is 65.7 cm³/mol. The molecule has 2 aliphatic rings. The maximum atomic E-state index is 6.36. The molecule has 2 N–H and O–H groups in total. The van der Waals surface area contributed by atoms with E-state index in [-0.39, 0.29) is 12.1 Å². The van der Waals surface area contributed by atoms with Gasteiger partial charge in [0.1, 0.15) is 0 Å². The first-order valence-corrected chi connectivity index (χ1v) is 6.39. The second-order valence-corrected chi connectivity index (χ2v) is 4.94. The molecule has 1 saturated heterocycles. The van der Waals surface area contributed by atoms with E-state index in [4.69, 9.17) is 15.2 Å². The van der Waals surface area contributed by atoms with Crippen LogP contribution in [0.25, 0.3) is 0 Å². The van der Waals surface area contributed by atoms with E-state index in [0.717, 1.165) is 32.7 Å². The summed E-state index contributed by atoms with van der Waals surface area (Å²) in [5.74, 6) is 0.436. The van der Waals surface area contributed by atoms with Gasteiger partial charge in [-0.15, -0.1) is 0 Å². The number of ether oxygens (including phenoxy) is 2. The third-order valence-electron chi connectivity index (χ3n) is 3.89. The van der Waals surface area contributed by atoms with Gasteiger partial charge >= 0.3 is 0 Å². The lowest BCUT2D eigenvalue weighted by atomic mass is 9.87. The van der Waals surface area contributed by atoms with Gasteiger partial charge in [0.15, 0.2) is 0 Å². The second-order valence-electron chi connectivity index (χ2n) is 4.94. The maximum Gasteiger partial charge on any atom is 0.0982 e. The molecular formula is C14H19NO2. The predicted octanol–water partition coefficient (Wildman–Crippen LogP) is 1.66. The fourth-order valence-electron chi connectivity index (χ4n) is 2.85. The summed E-state index contributed by atoms with van der Waals surface area (Å²) in [5.41, 5.74) is 9.03. The van der Waals surface area contributed by atoms with Crippen LogP contribution in [0.15, 0.2) is 24.3 Å². The number of nitrogens with two attached hydrogens (primary N) is 1. The van der Waals surface area contributed by atoms with E-state index < -0.39 is 0 Å². The van der Waals surface area contributed by atoms with Crippen molar-refractivity contribution in [3.8, 4) is 0 Å². The van der Waals surface area contributed by atoms with Crippen molar-refractivity contribution >= 4 is 0 Å². The van der Waals surface area contributed by atoms with Crippen molar-refractivity contribution in [1.29, 1.82) is 0 Å². The van der Waals surface area contributed by atoms with Gasteiger partial charge in [-0.25, -0.2) is 0 Å². The molecule has 0 aliphatic carbocycles. The van der Waals surface area contributed by atoms with Gasteiger partial charge in [0, 0.05) is 18.6 Å². The molecule has 0 saturated carbocycles. The van der Waals surface area contributed by atoms with E-state index in [1.54, 1.807) is 0 Å². The van der Waals surface area contributed by atoms with Gasteiger partial charge in [-0.3, -0.25) is 0 Å². The van der Waals surface area contributed by atoms with Gasteiger partial charge in [-0.2, -0.15) is 0 Å². The van der Waals surface area contributed by atoms with Gasteiger partial charge in [-0.1, -0.05) is 24.3 Å². The summed E-state index contributed by atoms with van der Waals surface area (Å²) in [6.07, 6.45) is 2.11. The van der Waals surface area contributed by atoms with Crippen molar-refractivity contribution in [2.45, 2.75) is 25.0 Å². The summed E-state index contributed by atoms with van der Waals surface area (Å²) in [4.78, 5) is 0. The van der Waals surface area contributed by atoms with Gasteiger partial charge in [0.25, 0.3) is 0 Å². The Morgan fingerprint density at radius 3 is 2.94 bits per heavy atom. The van der Waals surface area contributed by atoms with Gasteiger partial charge < -0.3 is 15.2 Å². The summed E-state index contributed by atoms with van der Waals surface area (Å²) in [7, 11) is 0. The Balaban J connectivity index is 1.84. The number of fused-ring (bicyclic) bond motifs is 1. The molecule has 92 valence electrons. The molecule has 0 aromatic heterocycles. The molecule has 0 radical (unpaired) electrons. The Morgan fingerprint density at radius 2 is 2.12 bits per heavy atom. The molecule has 2 heterocycles. The summed E-state index contributed by atoms with van der Waals surface area (Å²) in [6, 6.07) is 8.54. The Kier molecular flexibility index (Phi) is 3.14. The normalized spacial score (nSPS) is 29.9. The van der Waals surface area contributed by atoms with E-state index in [9.17, 15) is 0 Å². The molecule has 1 fully saturated rings. The first-order chi connectivity index (χ1) is 8.36. The smallest absolute Gasteiger partial charge is 0.0982 e. The monoisotopic (exact) mass is 233 g/mol. The van der Waals surface area contributed by atoms with E-state index in [0.29, 0.717) is 5.92 Å². The fraction of sp³-hybridized carbons (Fsp3) is 0.571. The number of hydrogen-bond acceptors (Lipinski definition) is 3. The molecule has 3 nitrogen and oxygen atoms in total. The Hall–Kier alpha value is -0.900. The summed E-state index contributed by atoms with van der Waals surface area (Å²) >= 11 is 0. The van der Waals surface area contributed by atoms with Crippen molar-refractivity contribution in [3.05, 3.63) is 35.4 Å². The second kappa shape index (κ2) is 4.77. The fourth-order valence-corrected chi connectivity index (χ4v) is 2.85. The minimum atomic E-state index is 0.0478. The molecule has 0 bridgehead atoms. The van der Waals surface area contributed by atoms with Crippen molar-refractivity contribution in [2.24, 2.45) is 11.7 Å². The van der Waals surface area contributed by atoms with Crippen molar-refractivity contribution in [2.75, 3.05) is 19.8 Å². The summed E-state index contributed by atoms with van der Waals surface area (Å²) in [5, 5.41) is 0. The average molecular weight is 233 g/mol. The van der Waals surface area contributed by atoms with Crippen LogP contribution in [-0.4, -0.2) is 25.9 Å². The van der Waals surface area contributed by atoms with Crippen LogP contribution in [0, 0.1) is 5.92 Å². The van der Waals surface area contributed by atoms with Crippen LogP contribution in [0.4, 0.5) is 0 Å². The third kappa shape index (κ3) is 2.10.